The van der Waals surface area contributed by atoms with Crippen LogP contribution in [0.3, 0.4) is 0 Å². The molecule has 0 radical (unpaired) electrons. The van der Waals surface area contributed by atoms with E-state index in [4.69, 9.17) is 11.0 Å². The Balaban J connectivity index is 2.92. The molecule has 0 unspecified atom stereocenters. The van der Waals surface area contributed by atoms with E-state index >= 15 is 0 Å². The second-order valence-corrected chi connectivity index (χ2v) is 5.18. The van der Waals surface area contributed by atoms with E-state index in [1.807, 2.05) is 6.07 Å². The van der Waals surface area contributed by atoms with Gasteiger partial charge in [-0.1, -0.05) is 12.1 Å². The Morgan fingerprint density at radius 3 is 2.33 bits per heavy atom. The SMILES string of the molecule is N#CCCS(=O)(=O)c1ccc(CN)cc1. The summed E-state index contributed by atoms with van der Waals surface area (Å²) in [6.07, 6.45) is 0.0149. The van der Waals surface area contributed by atoms with Crippen LogP contribution in [0.4, 0.5) is 0 Å². The van der Waals surface area contributed by atoms with E-state index in [1.165, 1.54) is 12.1 Å². The van der Waals surface area contributed by atoms with Gasteiger partial charge in [-0.3, -0.25) is 0 Å². The Morgan fingerprint density at radius 1 is 1.27 bits per heavy atom. The first-order chi connectivity index (χ1) is 7.10. The summed E-state index contributed by atoms with van der Waals surface area (Å²) < 4.78 is 23.2. The second kappa shape index (κ2) is 4.91. The van der Waals surface area contributed by atoms with Crippen molar-refractivity contribution in [3.05, 3.63) is 29.8 Å². The summed E-state index contributed by atoms with van der Waals surface area (Å²) in [5.74, 6) is -0.133. The van der Waals surface area contributed by atoms with Gasteiger partial charge in [0.15, 0.2) is 9.84 Å². The zero-order valence-electron chi connectivity index (χ0n) is 8.18. The minimum Gasteiger partial charge on any atom is -0.326 e. The second-order valence-electron chi connectivity index (χ2n) is 3.08. The van der Waals surface area contributed by atoms with Crippen LogP contribution in [0.25, 0.3) is 0 Å². The molecule has 80 valence electrons. The summed E-state index contributed by atoms with van der Waals surface area (Å²) in [5.41, 5.74) is 6.28. The van der Waals surface area contributed by atoms with Gasteiger partial charge in [-0.25, -0.2) is 8.42 Å². The Hall–Kier alpha value is -1.38. The third-order valence-electron chi connectivity index (χ3n) is 2.00. The van der Waals surface area contributed by atoms with Gasteiger partial charge in [-0.2, -0.15) is 5.26 Å². The highest BCUT2D eigenvalue weighted by molar-refractivity contribution is 7.91. The minimum absolute atomic E-state index is 0.0149. The van der Waals surface area contributed by atoms with Gasteiger partial charge in [-0.15, -0.1) is 0 Å². The number of sulfone groups is 1. The highest BCUT2D eigenvalue weighted by atomic mass is 32.2. The summed E-state index contributed by atoms with van der Waals surface area (Å²) in [4.78, 5) is 0.245. The largest absolute Gasteiger partial charge is 0.326 e. The van der Waals surface area contributed by atoms with Gasteiger partial charge < -0.3 is 5.73 Å². The Kier molecular flexibility index (Phi) is 3.83. The fraction of sp³-hybridized carbons (Fsp3) is 0.300. The number of hydrogen-bond acceptors (Lipinski definition) is 4. The maximum atomic E-state index is 11.6. The van der Waals surface area contributed by atoms with Crippen molar-refractivity contribution in [2.75, 3.05) is 5.75 Å². The van der Waals surface area contributed by atoms with Crippen LogP contribution in [0.5, 0.6) is 0 Å². The van der Waals surface area contributed by atoms with Gasteiger partial charge in [0.05, 0.1) is 16.7 Å². The number of nitrogens with two attached hydrogens (primary N) is 1. The van der Waals surface area contributed by atoms with Crippen molar-refractivity contribution in [3.8, 4) is 6.07 Å². The quantitative estimate of drug-likeness (QED) is 0.821. The first-order valence-corrected chi connectivity index (χ1v) is 6.14. The van der Waals surface area contributed by atoms with Gasteiger partial charge in [0.2, 0.25) is 0 Å². The molecule has 0 heterocycles. The third-order valence-corrected chi connectivity index (χ3v) is 3.73. The standard InChI is InChI=1S/C10H12N2O2S/c11-6-1-7-15(13,14)10-4-2-9(8-12)3-5-10/h2-5H,1,7-8,12H2. The molecule has 15 heavy (non-hydrogen) atoms. The van der Waals surface area contributed by atoms with Gasteiger partial charge in [-0.05, 0) is 17.7 Å². The Morgan fingerprint density at radius 2 is 1.87 bits per heavy atom. The number of nitrogens with zero attached hydrogens (tertiary/aromatic N) is 1. The molecule has 0 amide bonds. The lowest BCUT2D eigenvalue weighted by atomic mass is 10.2. The van der Waals surface area contributed by atoms with E-state index in [1.54, 1.807) is 12.1 Å². The molecule has 0 saturated heterocycles. The van der Waals surface area contributed by atoms with Gasteiger partial charge in [0.1, 0.15) is 0 Å². The normalized spacial score (nSPS) is 10.9. The van der Waals surface area contributed by atoms with Crippen LogP contribution in [-0.2, 0) is 16.4 Å². The van der Waals surface area contributed by atoms with Crippen molar-refractivity contribution in [1.82, 2.24) is 0 Å². The van der Waals surface area contributed by atoms with Crippen LogP contribution >= 0.6 is 0 Å². The molecule has 1 rings (SSSR count). The Bertz CT molecular complexity index is 457. The first-order valence-electron chi connectivity index (χ1n) is 4.49. The van der Waals surface area contributed by atoms with Crippen molar-refractivity contribution >= 4 is 9.84 Å². The van der Waals surface area contributed by atoms with Crippen LogP contribution in [-0.4, -0.2) is 14.2 Å². The number of nitriles is 1. The summed E-state index contributed by atoms with van der Waals surface area (Å²) in [6, 6.07) is 8.22. The minimum atomic E-state index is -3.31. The molecule has 5 heteroatoms. The molecule has 0 saturated carbocycles. The smallest absolute Gasteiger partial charge is 0.179 e. The molecule has 0 fully saturated rings. The average molecular weight is 224 g/mol. The summed E-state index contributed by atoms with van der Waals surface area (Å²) in [7, 11) is -3.31. The lowest BCUT2D eigenvalue weighted by molar-refractivity contribution is 0.596. The molecule has 0 aliphatic carbocycles. The predicted molar refractivity (Wildman–Crippen MR) is 56.6 cm³/mol. The van der Waals surface area contributed by atoms with Crippen LogP contribution < -0.4 is 5.73 Å². The van der Waals surface area contributed by atoms with Crippen LogP contribution in [0.15, 0.2) is 29.2 Å². The van der Waals surface area contributed by atoms with Crippen molar-refractivity contribution in [2.24, 2.45) is 5.73 Å². The molecule has 0 atom stereocenters. The molecule has 0 spiro atoms. The van der Waals surface area contributed by atoms with E-state index in [0.29, 0.717) is 6.54 Å². The fourth-order valence-corrected chi connectivity index (χ4v) is 2.28. The molecule has 4 nitrogen and oxygen atoms in total. The molecule has 0 aliphatic heterocycles. The maximum Gasteiger partial charge on any atom is 0.179 e. The highest BCUT2D eigenvalue weighted by Crippen LogP contribution is 2.12. The van der Waals surface area contributed by atoms with Crippen molar-refractivity contribution in [1.29, 1.82) is 5.26 Å². The predicted octanol–water partition coefficient (Wildman–Crippen LogP) is 0.833. The molecule has 0 bridgehead atoms. The number of rotatable bonds is 4. The number of hydrogen-bond donors (Lipinski definition) is 1. The van der Waals surface area contributed by atoms with Gasteiger partial charge >= 0.3 is 0 Å². The van der Waals surface area contributed by atoms with E-state index in [9.17, 15) is 8.42 Å². The van der Waals surface area contributed by atoms with Crippen LogP contribution in [0, 0.1) is 11.3 Å². The van der Waals surface area contributed by atoms with Crippen LogP contribution in [0.1, 0.15) is 12.0 Å². The fourth-order valence-electron chi connectivity index (χ4n) is 1.13. The lowest BCUT2D eigenvalue weighted by Crippen LogP contribution is -2.06. The molecule has 0 aliphatic rings. The van der Waals surface area contributed by atoms with Crippen molar-refractivity contribution < 1.29 is 8.42 Å². The molecule has 1 aromatic carbocycles. The molecule has 2 N–H and O–H groups in total. The van der Waals surface area contributed by atoms with E-state index in [0.717, 1.165) is 5.56 Å². The highest BCUT2D eigenvalue weighted by Gasteiger charge is 2.13. The van der Waals surface area contributed by atoms with E-state index < -0.39 is 9.84 Å². The van der Waals surface area contributed by atoms with E-state index in [2.05, 4.69) is 0 Å². The molecular weight excluding hydrogens is 212 g/mol. The van der Waals surface area contributed by atoms with Gasteiger partial charge in [0, 0.05) is 13.0 Å². The van der Waals surface area contributed by atoms with Crippen molar-refractivity contribution in [2.45, 2.75) is 17.9 Å². The molecular formula is C10H12N2O2S. The number of benzene rings is 1. The van der Waals surface area contributed by atoms with Crippen molar-refractivity contribution in [3.63, 3.8) is 0 Å². The van der Waals surface area contributed by atoms with Crippen LogP contribution in [0.2, 0.25) is 0 Å². The maximum absolute atomic E-state index is 11.6. The molecule has 0 aromatic heterocycles. The average Bonchev–Trinajstić information content (AvgIpc) is 2.26. The lowest BCUT2D eigenvalue weighted by Gasteiger charge is -2.02. The van der Waals surface area contributed by atoms with E-state index in [-0.39, 0.29) is 17.1 Å². The monoisotopic (exact) mass is 224 g/mol. The zero-order chi connectivity index (χ0) is 11.3. The Labute approximate surface area is 89.2 Å². The first kappa shape index (κ1) is 11.7. The topological polar surface area (TPSA) is 84.0 Å². The summed E-state index contributed by atoms with van der Waals surface area (Å²) >= 11 is 0. The van der Waals surface area contributed by atoms with Gasteiger partial charge in [0.25, 0.3) is 0 Å². The summed E-state index contributed by atoms with van der Waals surface area (Å²) in [6.45, 7) is 0.387. The zero-order valence-corrected chi connectivity index (χ0v) is 9.00. The summed E-state index contributed by atoms with van der Waals surface area (Å²) in [5, 5.41) is 8.33. The molecule has 1 aromatic rings. The third kappa shape index (κ3) is 3.05.